The molecule has 0 aliphatic rings. The lowest BCUT2D eigenvalue weighted by Gasteiger charge is -2.11. The van der Waals surface area contributed by atoms with Crippen LogP contribution in [0.25, 0.3) is 11.0 Å². The maximum atomic E-state index is 11.5. The summed E-state index contributed by atoms with van der Waals surface area (Å²) in [5, 5.41) is 10.2. The number of carbonyl (C=O) groups excluding carboxylic acids is 1. The molecule has 2 aromatic heterocycles. The molecule has 0 bridgehead atoms. The zero-order valence-corrected chi connectivity index (χ0v) is 14.9. The highest BCUT2D eigenvalue weighted by Gasteiger charge is 2.27. The maximum Gasteiger partial charge on any atom is 0.320 e. The Morgan fingerprint density at radius 3 is 2.67 bits per heavy atom. The van der Waals surface area contributed by atoms with E-state index in [0.29, 0.717) is 18.9 Å². The Morgan fingerprint density at radius 2 is 1.96 bits per heavy atom. The molecule has 3 rings (SSSR count). The second-order valence-electron chi connectivity index (χ2n) is 6.04. The Labute approximate surface area is 156 Å². The van der Waals surface area contributed by atoms with Gasteiger partial charge in [0.15, 0.2) is 5.92 Å². The lowest BCUT2D eigenvalue weighted by molar-refractivity contribution is -0.156. The molecule has 1 atom stereocenters. The molecular formula is C20H20N2O5. The number of rotatable bonds is 8. The summed E-state index contributed by atoms with van der Waals surface area (Å²) < 4.78 is 12.3. The van der Waals surface area contributed by atoms with Gasteiger partial charge in [-0.05, 0) is 42.3 Å². The first-order chi connectivity index (χ1) is 13.1. The first kappa shape index (κ1) is 18.4. The van der Waals surface area contributed by atoms with Crippen molar-refractivity contribution in [1.82, 2.24) is 9.55 Å². The molecule has 7 heteroatoms. The number of pyridine rings is 1. The zero-order valence-electron chi connectivity index (χ0n) is 14.9. The van der Waals surface area contributed by atoms with Crippen LogP contribution < -0.4 is 4.74 Å². The summed E-state index contributed by atoms with van der Waals surface area (Å²) in [5.74, 6) is -2.49. The molecule has 0 amide bonds. The predicted molar refractivity (Wildman–Crippen MR) is 98.5 cm³/mol. The molecule has 1 unspecified atom stereocenters. The highest BCUT2D eigenvalue weighted by molar-refractivity contribution is 5.94. The van der Waals surface area contributed by atoms with Crippen LogP contribution in [-0.2, 0) is 27.3 Å². The van der Waals surface area contributed by atoms with Crippen molar-refractivity contribution < 1.29 is 24.2 Å². The second-order valence-corrected chi connectivity index (χ2v) is 6.04. The predicted octanol–water partition coefficient (Wildman–Crippen LogP) is 2.53. The molecule has 0 saturated carbocycles. The average Bonchev–Trinajstić information content (AvgIpc) is 3.09. The summed E-state index contributed by atoms with van der Waals surface area (Å²) in [4.78, 5) is 27.1. The number of nitrogens with zero attached hydrogens (tertiary/aromatic N) is 2. The summed E-state index contributed by atoms with van der Waals surface area (Å²) in [6.07, 6.45) is 3.81. The number of esters is 1. The van der Waals surface area contributed by atoms with Crippen LogP contribution in [0.15, 0.2) is 54.9 Å². The van der Waals surface area contributed by atoms with E-state index in [1.807, 2.05) is 29.0 Å². The third kappa shape index (κ3) is 4.44. The first-order valence-corrected chi connectivity index (χ1v) is 8.50. The molecule has 2 heterocycles. The molecule has 1 N–H and O–H groups in total. The second kappa shape index (κ2) is 8.35. The number of carboxylic acids is 1. The van der Waals surface area contributed by atoms with Crippen molar-refractivity contribution in [3.8, 4) is 5.75 Å². The van der Waals surface area contributed by atoms with Gasteiger partial charge < -0.3 is 19.1 Å². The van der Waals surface area contributed by atoms with E-state index in [-0.39, 0.29) is 6.42 Å². The first-order valence-electron chi connectivity index (χ1n) is 8.50. The zero-order chi connectivity index (χ0) is 19.2. The normalized spacial score (nSPS) is 11.9. The van der Waals surface area contributed by atoms with E-state index in [1.54, 1.807) is 30.5 Å². The van der Waals surface area contributed by atoms with Crippen LogP contribution in [0.5, 0.6) is 5.75 Å². The molecule has 0 aliphatic carbocycles. The molecule has 140 valence electrons. The van der Waals surface area contributed by atoms with Crippen molar-refractivity contribution >= 4 is 23.0 Å². The molecular weight excluding hydrogens is 348 g/mol. The van der Waals surface area contributed by atoms with E-state index in [4.69, 9.17) is 9.84 Å². The van der Waals surface area contributed by atoms with Gasteiger partial charge in [0.05, 0.1) is 13.7 Å². The molecule has 7 nitrogen and oxygen atoms in total. The van der Waals surface area contributed by atoms with Crippen LogP contribution in [0.2, 0.25) is 0 Å². The lowest BCUT2D eigenvalue weighted by Crippen LogP contribution is -2.27. The number of fused-ring (bicyclic) bond motifs is 1. The van der Waals surface area contributed by atoms with Gasteiger partial charge in [-0.2, -0.15) is 0 Å². The molecule has 0 radical (unpaired) electrons. The number of hydrogen-bond acceptors (Lipinski definition) is 5. The largest absolute Gasteiger partial charge is 0.492 e. The number of aliphatic carboxylic acids is 1. The monoisotopic (exact) mass is 368 g/mol. The topological polar surface area (TPSA) is 90.7 Å². The van der Waals surface area contributed by atoms with Gasteiger partial charge in [0, 0.05) is 17.8 Å². The summed E-state index contributed by atoms with van der Waals surface area (Å²) >= 11 is 0. The van der Waals surface area contributed by atoms with Crippen LogP contribution in [0.4, 0.5) is 0 Å². The number of benzene rings is 1. The molecule has 0 fully saturated rings. The van der Waals surface area contributed by atoms with Gasteiger partial charge in [0.1, 0.15) is 18.0 Å². The molecule has 0 saturated heterocycles. The van der Waals surface area contributed by atoms with E-state index >= 15 is 0 Å². The fourth-order valence-corrected chi connectivity index (χ4v) is 2.83. The summed E-state index contributed by atoms with van der Waals surface area (Å²) in [5.41, 5.74) is 1.64. The van der Waals surface area contributed by atoms with Crippen LogP contribution >= 0.6 is 0 Å². The molecule has 0 spiro atoms. The summed E-state index contributed by atoms with van der Waals surface area (Å²) in [6.45, 7) is 1.13. The van der Waals surface area contributed by atoms with Crippen LogP contribution in [0.1, 0.15) is 5.56 Å². The maximum absolute atomic E-state index is 11.5. The number of hydrogen-bond donors (Lipinski definition) is 1. The van der Waals surface area contributed by atoms with Crippen LogP contribution in [0, 0.1) is 5.92 Å². The van der Waals surface area contributed by atoms with E-state index < -0.39 is 17.9 Å². The molecule has 0 aliphatic heterocycles. The fraction of sp³-hybridized carbons (Fsp3) is 0.250. The Kier molecular flexibility index (Phi) is 5.71. The number of carbonyl (C=O) groups is 2. The van der Waals surface area contributed by atoms with Crippen molar-refractivity contribution in [3.63, 3.8) is 0 Å². The number of carboxylic acid groups (broad SMARTS) is 1. The van der Waals surface area contributed by atoms with Crippen molar-refractivity contribution in [2.45, 2.75) is 13.0 Å². The number of methoxy groups -OCH3 is 1. The molecule has 1 aromatic carbocycles. The van der Waals surface area contributed by atoms with E-state index in [2.05, 4.69) is 9.72 Å². The van der Waals surface area contributed by atoms with Gasteiger partial charge >= 0.3 is 11.9 Å². The molecule has 27 heavy (non-hydrogen) atoms. The van der Waals surface area contributed by atoms with Gasteiger partial charge in [0.25, 0.3) is 0 Å². The average molecular weight is 368 g/mol. The van der Waals surface area contributed by atoms with Crippen LogP contribution in [0.3, 0.4) is 0 Å². The fourth-order valence-electron chi connectivity index (χ4n) is 2.83. The minimum Gasteiger partial charge on any atom is -0.492 e. The van der Waals surface area contributed by atoms with E-state index in [0.717, 1.165) is 16.6 Å². The van der Waals surface area contributed by atoms with E-state index in [9.17, 15) is 9.59 Å². The van der Waals surface area contributed by atoms with Crippen molar-refractivity contribution in [2.24, 2.45) is 5.92 Å². The van der Waals surface area contributed by atoms with Crippen molar-refractivity contribution in [3.05, 3.63) is 60.4 Å². The Morgan fingerprint density at radius 1 is 1.19 bits per heavy atom. The minimum atomic E-state index is -1.21. The molecule has 3 aromatic rings. The van der Waals surface area contributed by atoms with Gasteiger partial charge in [-0.25, -0.2) is 4.98 Å². The van der Waals surface area contributed by atoms with Crippen molar-refractivity contribution in [1.29, 1.82) is 0 Å². The smallest absolute Gasteiger partial charge is 0.320 e. The van der Waals surface area contributed by atoms with Gasteiger partial charge in [-0.15, -0.1) is 0 Å². The Balaban J connectivity index is 1.56. The highest BCUT2D eigenvalue weighted by Crippen LogP contribution is 2.17. The summed E-state index contributed by atoms with van der Waals surface area (Å²) in [7, 11) is 1.18. The van der Waals surface area contributed by atoms with Crippen molar-refractivity contribution in [2.75, 3.05) is 13.7 Å². The standard InChI is InChI=1S/C20H20N2O5/c1-26-20(25)17(19(23)24)13-14-4-6-16(7-5-14)27-12-11-22-10-8-15-3-2-9-21-18(15)22/h2-10,17H,11-13H2,1H3,(H,23,24). The number of aromatic nitrogens is 2. The quantitative estimate of drug-likeness (QED) is 0.485. The minimum absolute atomic E-state index is 0.0727. The highest BCUT2D eigenvalue weighted by atomic mass is 16.5. The Bertz CT molecular complexity index is 933. The summed E-state index contributed by atoms with van der Waals surface area (Å²) in [6, 6.07) is 12.9. The van der Waals surface area contributed by atoms with Gasteiger partial charge in [0.2, 0.25) is 0 Å². The SMILES string of the molecule is COC(=O)C(Cc1ccc(OCCn2ccc3cccnc32)cc1)C(=O)O. The number of ether oxygens (including phenoxy) is 2. The Hall–Kier alpha value is -3.35. The third-order valence-corrected chi connectivity index (χ3v) is 4.27. The van der Waals surface area contributed by atoms with E-state index in [1.165, 1.54) is 7.11 Å². The van der Waals surface area contributed by atoms with Crippen LogP contribution in [-0.4, -0.2) is 40.3 Å². The third-order valence-electron chi connectivity index (χ3n) is 4.27. The van der Waals surface area contributed by atoms with Gasteiger partial charge in [-0.3, -0.25) is 9.59 Å². The lowest BCUT2D eigenvalue weighted by atomic mass is 9.99. The van der Waals surface area contributed by atoms with Gasteiger partial charge in [-0.1, -0.05) is 12.1 Å².